The predicted molar refractivity (Wildman–Crippen MR) is 53.0 cm³/mol. The average Bonchev–Trinajstić information content (AvgIpc) is 2.73. The Labute approximate surface area is 87.9 Å². The molecule has 0 saturated heterocycles. The van der Waals surface area contributed by atoms with E-state index in [-0.39, 0.29) is 12.7 Å². The van der Waals surface area contributed by atoms with Crippen LogP contribution in [0.2, 0.25) is 0 Å². The molecule has 1 fully saturated rings. The molecule has 0 bridgehead atoms. The summed E-state index contributed by atoms with van der Waals surface area (Å²) in [6.07, 6.45) is 5.66. The summed E-state index contributed by atoms with van der Waals surface area (Å²) >= 11 is 0. The van der Waals surface area contributed by atoms with Crippen molar-refractivity contribution >= 4 is 0 Å². The highest BCUT2D eigenvalue weighted by atomic mass is 19.1. The lowest BCUT2D eigenvalue weighted by molar-refractivity contribution is 0.190. The fourth-order valence-electron chi connectivity index (χ4n) is 1.85. The summed E-state index contributed by atoms with van der Waals surface area (Å²) < 4.78 is 18.4. The minimum atomic E-state index is -0.446. The van der Waals surface area contributed by atoms with Crippen molar-refractivity contribution in [3.8, 4) is 5.88 Å². The molecule has 0 spiro atoms. The van der Waals surface area contributed by atoms with Crippen molar-refractivity contribution in [2.75, 3.05) is 0 Å². The second-order valence-corrected chi connectivity index (χ2v) is 3.80. The highest BCUT2D eigenvalue weighted by Crippen LogP contribution is 2.25. The largest absolute Gasteiger partial charge is 0.474 e. The van der Waals surface area contributed by atoms with Gasteiger partial charge < -0.3 is 9.84 Å². The Kier molecular flexibility index (Phi) is 3.16. The SMILES string of the molecule is OCc1cc(F)cnc1OC1CCCC1. The highest BCUT2D eigenvalue weighted by molar-refractivity contribution is 5.25. The van der Waals surface area contributed by atoms with E-state index in [1.54, 1.807) is 0 Å². The van der Waals surface area contributed by atoms with Crippen LogP contribution in [0.4, 0.5) is 4.39 Å². The number of aliphatic hydroxyl groups is 1. The van der Waals surface area contributed by atoms with Gasteiger partial charge in [-0.25, -0.2) is 9.37 Å². The molecule has 0 aromatic carbocycles. The zero-order valence-corrected chi connectivity index (χ0v) is 8.45. The molecule has 1 aliphatic carbocycles. The van der Waals surface area contributed by atoms with Gasteiger partial charge in [-0.2, -0.15) is 0 Å². The van der Waals surface area contributed by atoms with Crippen molar-refractivity contribution < 1.29 is 14.2 Å². The van der Waals surface area contributed by atoms with Gasteiger partial charge in [0.2, 0.25) is 5.88 Å². The topological polar surface area (TPSA) is 42.4 Å². The van der Waals surface area contributed by atoms with Crippen LogP contribution < -0.4 is 4.74 Å². The number of hydrogen-bond donors (Lipinski definition) is 1. The van der Waals surface area contributed by atoms with E-state index in [9.17, 15) is 4.39 Å². The number of rotatable bonds is 3. The maximum Gasteiger partial charge on any atom is 0.219 e. The predicted octanol–water partition coefficient (Wildman–Crippen LogP) is 2.03. The van der Waals surface area contributed by atoms with Crippen LogP contribution in [-0.4, -0.2) is 16.2 Å². The third-order valence-electron chi connectivity index (χ3n) is 2.64. The number of ether oxygens (including phenoxy) is 1. The first-order valence-corrected chi connectivity index (χ1v) is 5.21. The van der Waals surface area contributed by atoms with E-state index < -0.39 is 5.82 Å². The van der Waals surface area contributed by atoms with Crippen LogP contribution in [0.1, 0.15) is 31.2 Å². The highest BCUT2D eigenvalue weighted by Gasteiger charge is 2.18. The maximum atomic E-state index is 12.8. The summed E-state index contributed by atoms with van der Waals surface area (Å²) in [4.78, 5) is 3.86. The summed E-state index contributed by atoms with van der Waals surface area (Å²) in [6.45, 7) is -0.243. The standard InChI is InChI=1S/C11H14FNO2/c12-9-5-8(7-14)11(13-6-9)15-10-3-1-2-4-10/h5-6,10,14H,1-4,7H2. The molecule has 3 nitrogen and oxygen atoms in total. The molecule has 0 radical (unpaired) electrons. The average molecular weight is 211 g/mol. The molecule has 82 valence electrons. The van der Waals surface area contributed by atoms with Crippen LogP contribution in [0, 0.1) is 5.82 Å². The molecule has 4 heteroatoms. The summed E-state index contributed by atoms with van der Waals surface area (Å²) in [7, 11) is 0. The van der Waals surface area contributed by atoms with Gasteiger partial charge in [0, 0.05) is 5.56 Å². The van der Waals surface area contributed by atoms with Crippen LogP contribution in [0.25, 0.3) is 0 Å². The van der Waals surface area contributed by atoms with Gasteiger partial charge in [-0.3, -0.25) is 0 Å². The van der Waals surface area contributed by atoms with E-state index in [1.165, 1.54) is 18.9 Å². The Morgan fingerprint density at radius 3 is 2.87 bits per heavy atom. The molecule has 0 unspecified atom stereocenters. The molecule has 15 heavy (non-hydrogen) atoms. The molecule has 0 aliphatic heterocycles. The summed E-state index contributed by atoms with van der Waals surface area (Å²) in [5.41, 5.74) is 0.418. The van der Waals surface area contributed by atoms with E-state index in [4.69, 9.17) is 9.84 Å². The summed E-state index contributed by atoms with van der Waals surface area (Å²) in [5, 5.41) is 9.03. The van der Waals surface area contributed by atoms with Crippen LogP contribution in [-0.2, 0) is 6.61 Å². The van der Waals surface area contributed by atoms with Gasteiger partial charge in [-0.1, -0.05) is 0 Å². The van der Waals surface area contributed by atoms with Crippen LogP contribution in [0.3, 0.4) is 0 Å². The lowest BCUT2D eigenvalue weighted by Gasteiger charge is -2.14. The van der Waals surface area contributed by atoms with E-state index in [2.05, 4.69) is 4.98 Å². The Bertz CT molecular complexity index is 337. The summed E-state index contributed by atoms with van der Waals surface area (Å²) in [6, 6.07) is 1.26. The summed E-state index contributed by atoms with van der Waals surface area (Å²) in [5.74, 6) is -0.0800. The first kappa shape index (κ1) is 10.4. The molecule has 1 aliphatic rings. The Morgan fingerprint density at radius 2 is 2.20 bits per heavy atom. The number of nitrogens with zero attached hydrogens (tertiary/aromatic N) is 1. The van der Waals surface area contributed by atoms with Crippen molar-refractivity contribution in [1.82, 2.24) is 4.98 Å². The molecule has 0 amide bonds. The number of aliphatic hydroxyl groups excluding tert-OH is 1. The Balaban J connectivity index is 2.12. The normalized spacial score (nSPS) is 16.9. The minimum absolute atomic E-state index is 0.174. The zero-order chi connectivity index (χ0) is 10.7. The number of halogens is 1. The van der Waals surface area contributed by atoms with Gasteiger partial charge in [-0.15, -0.1) is 0 Å². The molecule has 2 rings (SSSR count). The molecule has 1 heterocycles. The molecular formula is C11H14FNO2. The van der Waals surface area contributed by atoms with Gasteiger partial charge >= 0.3 is 0 Å². The second kappa shape index (κ2) is 4.57. The molecule has 1 aromatic heterocycles. The Hall–Kier alpha value is -1.16. The van der Waals surface area contributed by atoms with E-state index >= 15 is 0 Å². The molecule has 1 aromatic rings. The minimum Gasteiger partial charge on any atom is -0.474 e. The molecule has 1 saturated carbocycles. The zero-order valence-electron chi connectivity index (χ0n) is 8.45. The number of hydrogen-bond acceptors (Lipinski definition) is 3. The number of aromatic nitrogens is 1. The first-order valence-electron chi connectivity index (χ1n) is 5.21. The van der Waals surface area contributed by atoms with E-state index in [0.717, 1.165) is 19.0 Å². The van der Waals surface area contributed by atoms with Crippen molar-refractivity contribution in [2.45, 2.75) is 38.4 Å². The van der Waals surface area contributed by atoms with Crippen molar-refractivity contribution in [2.24, 2.45) is 0 Å². The smallest absolute Gasteiger partial charge is 0.219 e. The van der Waals surface area contributed by atoms with Crippen LogP contribution >= 0.6 is 0 Å². The van der Waals surface area contributed by atoms with Gasteiger partial charge in [0.1, 0.15) is 11.9 Å². The van der Waals surface area contributed by atoms with Crippen LogP contribution in [0.15, 0.2) is 12.3 Å². The van der Waals surface area contributed by atoms with Crippen molar-refractivity contribution in [3.05, 3.63) is 23.6 Å². The van der Waals surface area contributed by atoms with Crippen molar-refractivity contribution in [1.29, 1.82) is 0 Å². The Morgan fingerprint density at radius 1 is 1.47 bits per heavy atom. The first-order chi connectivity index (χ1) is 7.29. The van der Waals surface area contributed by atoms with Crippen LogP contribution in [0.5, 0.6) is 5.88 Å². The third-order valence-corrected chi connectivity index (χ3v) is 2.64. The number of pyridine rings is 1. The second-order valence-electron chi connectivity index (χ2n) is 3.80. The molecular weight excluding hydrogens is 197 g/mol. The van der Waals surface area contributed by atoms with E-state index in [1.807, 2.05) is 0 Å². The maximum absolute atomic E-state index is 12.8. The van der Waals surface area contributed by atoms with Gasteiger partial charge in [-0.05, 0) is 31.7 Å². The fraction of sp³-hybridized carbons (Fsp3) is 0.545. The third kappa shape index (κ3) is 2.45. The van der Waals surface area contributed by atoms with Gasteiger partial charge in [0.15, 0.2) is 0 Å². The monoisotopic (exact) mass is 211 g/mol. The lowest BCUT2D eigenvalue weighted by atomic mass is 10.2. The van der Waals surface area contributed by atoms with Gasteiger partial charge in [0.25, 0.3) is 0 Å². The van der Waals surface area contributed by atoms with Gasteiger partial charge in [0.05, 0.1) is 12.8 Å². The fourth-order valence-corrected chi connectivity index (χ4v) is 1.85. The quantitative estimate of drug-likeness (QED) is 0.831. The molecule has 1 N–H and O–H groups in total. The molecule has 0 atom stereocenters. The van der Waals surface area contributed by atoms with Crippen molar-refractivity contribution in [3.63, 3.8) is 0 Å². The van der Waals surface area contributed by atoms with E-state index in [0.29, 0.717) is 11.4 Å². The lowest BCUT2D eigenvalue weighted by Crippen LogP contribution is -2.13.